The fourth-order valence-corrected chi connectivity index (χ4v) is 6.80. The fraction of sp³-hybridized carbons (Fsp3) is 0.0189. The number of hydrogen-bond donors (Lipinski definition) is 0. The maximum atomic E-state index is 14.7. The van der Waals surface area contributed by atoms with Crippen molar-refractivity contribution >= 4 is 6.08 Å². The van der Waals surface area contributed by atoms with Crippen LogP contribution in [0.5, 0.6) is 0 Å². The summed E-state index contributed by atoms with van der Waals surface area (Å²) in [6.45, 7) is 7.48. The number of benzene rings is 8. The maximum absolute atomic E-state index is 14.7. The van der Waals surface area contributed by atoms with Gasteiger partial charge in [-0.25, -0.2) is 35.1 Å². The highest BCUT2D eigenvalue weighted by Crippen LogP contribution is 2.33. The third kappa shape index (κ3) is 9.45. The van der Waals surface area contributed by atoms with Crippen molar-refractivity contribution in [1.29, 1.82) is 0 Å². The predicted molar refractivity (Wildman–Crippen MR) is 229 cm³/mol. The molecule has 0 nitrogen and oxygen atoms in total. The van der Waals surface area contributed by atoms with Gasteiger partial charge in [-0.15, -0.1) is 6.58 Å². The molecule has 8 aromatic rings. The highest BCUT2D eigenvalue weighted by atomic mass is 19.2. The van der Waals surface area contributed by atoms with Crippen molar-refractivity contribution in [3.05, 3.63) is 235 Å². The first-order valence-corrected chi connectivity index (χ1v) is 18.9. The van der Waals surface area contributed by atoms with Crippen LogP contribution in [0.15, 0.2) is 177 Å². The Kier molecular flexibility index (Phi) is 12.5. The molecule has 0 aromatic heterocycles. The first-order valence-electron chi connectivity index (χ1n) is 18.9. The molecule has 0 atom stereocenters. The molecule has 0 fully saturated rings. The summed E-state index contributed by atoms with van der Waals surface area (Å²) in [6, 6.07) is 43.4. The summed E-state index contributed by atoms with van der Waals surface area (Å²) in [5.74, 6) is -9.87. The van der Waals surface area contributed by atoms with Gasteiger partial charge in [-0.2, -0.15) is 0 Å². The average Bonchev–Trinajstić information content (AvgIpc) is 3.28. The molecule has 0 heterocycles. The highest BCUT2D eigenvalue weighted by Gasteiger charge is 2.16. The van der Waals surface area contributed by atoms with Gasteiger partial charge in [0.1, 0.15) is 11.6 Å². The van der Waals surface area contributed by atoms with Gasteiger partial charge in [0, 0.05) is 11.1 Å². The largest absolute Gasteiger partial charge is 0.206 e. The van der Waals surface area contributed by atoms with E-state index in [1.807, 2.05) is 91.0 Å². The van der Waals surface area contributed by atoms with Gasteiger partial charge in [-0.1, -0.05) is 140 Å². The fourth-order valence-electron chi connectivity index (χ4n) is 6.80. The van der Waals surface area contributed by atoms with Gasteiger partial charge < -0.3 is 0 Å². The SMILES string of the molecule is C=CCc1ccc(-c2ccc(-c3ccc(-c4cc(F)c(F)c(F)c4)c(F)c3)cc2)cc1.C=Cc1ccc(-c2ccc(-c3ccc(-c4cc(F)c(F)c(F)c4)c(F)c3)cc2)cc1. The lowest BCUT2D eigenvalue weighted by Gasteiger charge is -2.09. The Morgan fingerprint density at radius 2 is 0.590 bits per heavy atom. The molecule has 0 saturated heterocycles. The van der Waals surface area contributed by atoms with Crippen molar-refractivity contribution < 1.29 is 35.1 Å². The number of halogens is 8. The van der Waals surface area contributed by atoms with E-state index in [1.54, 1.807) is 18.2 Å². The van der Waals surface area contributed by atoms with Crippen LogP contribution < -0.4 is 0 Å². The van der Waals surface area contributed by atoms with E-state index in [4.69, 9.17) is 0 Å². The molecule has 0 aliphatic carbocycles. The normalized spacial score (nSPS) is 10.8. The summed E-state index contributed by atoms with van der Waals surface area (Å²) in [5, 5.41) is 0. The lowest BCUT2D eigenvalue weighted by Crippen LogP contribution is -1.94. The quantitative estimate of drug-likeness (QED) is 0.0773. The summed E-state index contributed by atoms with van der Waals surface area (Å²) < 4.78 is 110. The van der Waals surface area contributed by atoms with E-state index < -0.39 is 46.5 Å². The molecule has 8 heteroatoms. The van der Waals surface area contributed by atoms with E-state index in [1.165, 1.54) is 29.8 Å². The van der Waals surface area contributed by atoms with Gasteiger partial charge in [0.2, 0.25) is 0 Å². The topological polar surface area (TPSA) is 0 Å². The Hall–Kier alpha value is -7.32. The van der Waals surface area contributed by atoms with E-state index >= 15 is 0 Å². The predicted octanol–water partition coefficient (Wildman–Crippen LogP) is 15.9. The van der Waals surface area contributed by atoms with Crippen LogP contribution >= 0.6 is 0 Å². The molecule has 61 heavy (non-hydrogen) atoms. The summed E-state index contributed by atoms with van der Waals surface area (Å²) in [5.41, 5.74) is 9.10. The molecular formula is C53H34F8. The van der Waals surface area contributed by atoms with E-state index in [0.717, 1.165) is 69.6 Å². The van der Waals surface area contributed by atoms with Crippen molar-refractivity contribution in [2.24, 2.45) is 0 Å². The molecule has 0 radical (unpaired) electrons. The molecule has 302 valence electrons. The first kappa shape index (κ1) is 41.8. The molecule has 0 N–H and O–H groups in total. The van der Waals surface area contributed by atoms with Crippen LogP contribution in [0, 0.1) is 46.5 Å². The van der Waals surface area contributed by atoms with Gasteiger partial charge in [-0.05, 0) is 110 Å². The Morgan fingerprint density at radius 3 is 0.902 bits per heavy atom. The van der Waals surface area contributed by atoms with Crippen LogP contribution in [0.25, 0.3) is 72.8 Å². The standard InChI is InChI=1S/C27H18F4.C26H16F4/c1-2-3-17-4-6-18(7-5-17)19-8-10-20(11-9-19)21-12-13-23(24(28)14-21)22-15-25(29)27(31)26(30)16-22;1-2-16-3-5-17(6-4-16)18-7-9-19(10-8-18)20-11-12-22(23(27)13-20)21-14-24(28)26(30)25(29)15-21/h2,4-16H,1,3H2;2-15H,1H2. The molecule has 8 aromatic carbocycles. The minimum absolute atomic E-state index is 0.00205. The van der Waals surface area contributed by atoms with Crippen molar-refractivity contribution in [2.45, 2.75) is 6.42 Å². The summed E-state index contributed by atoms with van der Waals surface area (Å²) in [4.78, 5) is 0. The summed E-state index contributed by atoms with van der Waals surface area (Å²) >= 11 is 0. The second kappa shape index (κ2) is 18.3. The summed E-state index contributed by atoms with van der Waals surface area (Å²) in [6.07, 6.45) is 4.45. The smallest absolute Gasteiger partial charge is 0.194 e. The van der Waals surface area contributed by atoms with Crippen molar-refractivity contribution in [3.8, 4) is 66.8 Å². The van der Waals surface area contributed by atoms with Crippen LogP contribution in [-0.2, 0) is 6.42 Å². The molecule has 0 spiro atoms. The zero-order valence-electron chi connectivity index (χ0n) is 32.3. The second-order valence-electron chi connectivity index (χ2n) is 14.1. The van der Waals surface area contributed by atoms with E-state index in [9.17, 15) is 35.1 Å². The Balaban J connectivity index is 0.000000184. The van der Waals surface area contributed by atoms with E-state index in [0.29, 0.717) is 11.1 Å². The number of hydrogen-bond acceptors (Lipinski definition) is 0. The lowest BCUT2D eigenvalue weighted by atomic mass is 9.97. The second-order valence-corrected chi connectivity index (χ2v) is 14.1. The minimum Gasteiger partial charge on any atom is -0.206 e. The zero-order valence-corrected chi connectivity index (χ0v) is 32.3. The van der Waals surface area contributed by atoms with Crippen LogP contribution in [0.1, 0.15) is 11.1 Å². The Morgan fingerprint density at radius 1 is 0.311 bits per heavy atom. The number of allylic oxidation sites excluding steroid dienone is 1. The molecule has 0 aliphatic heterocycles. The highest BCUT2D eigenvalue weighted by molar-refractivity contribution is 5.76. The average molecular weight is 823 g/mol. The molecule has 0 aliphatic rings. The molecule has 0 saturated carbocycles. The third-order valence-electron chi connectivity index (χ3n) is 10.1. The third-order valence-corrected chi connectivity index (χ3v) is 10.1. The van der Waals surface area contributed by atoms with Gasteiger partial charge in [-0.3, -0.25) is 0 Å². The van der Waals surface area contributed by atoms with Crippen LogP contribution in [0.2, 0.25) is 0 Å². The van der Waals surface area contributed by atoms with Crippen molar-refractivity contribution in [2.75, 3.05) is 0 Å². The van der Waals surface area contributed by atoms with Crippen molar-refractivity contribution in [3.63, 3.8) is 0 Å². The van der Waals surface area contributed by atoms with Crippen LogP contribution in [0.3, 0.4) is 0 Å². The Bertz CT molecular complexity index is 2810. The molecule has 0 amide bonds. The molecule has 8 rings (SSSR count). The van der Waals surface area contributed by atoms with Crippen LogP contribution in [-0.4, -0.2) is 0 Å². The van der Waals surface area contributed by atoms with E-state index in [-0.39, 0.29) is 22.3 Å². The molecular weight excluding hydrogens is 789 g/mol. The first-order chi connectivity index (χ1) is 29.4. The monoisotopic (exact) mass is 822 g/mol. The Labute approximate surface area is 348 Å². The van der Waals surface area contributed by atoms with Gasteiger partial charge >= 0.3 is 0 Å². The van der Waals surface area contributed by atoms with Crippen molar-refractivity contribution in [1.82, 2.24) is 0 Å². The van der Waals surface area contributed by atoms with E-state index in [2.05, 4.69) is 25.3 Å². The minimum atomic E-state index is -1.57. The van der Waals surface area contributed by atoms with Crippen LogP contribution in [0.4, 0.5) is 35.1 Å². The number of rotatable bonds is 9. The maximum Gasteiger partial charge on any atom is 0.194 e. The van der Waals surface area contributed by atoms with Gasteiger partial charge in [0.05, 0.1) is 0 Å². The van der Waals surface area contributed by atoms with Gasteiger partial charge in [0.15, 0.2) is 34.9 Å². The lowest BCUT2D eigenvalue weighted by molar-refractivity contribution is 0.447. The van der Waals surface area contributed by atoms with Gasteiger partial charge in [0.25, 0.3) is 0 Å². The summed E-state index contributed by atoms with van der Waals surface area (Å²) in [7, 11) is 0. The molecule has 0 unspecified atom stereocenters. The molecule has 0 bridgehead atoms. The zero-order chi connectivity index (χ0) is 43.2.